The molecule has 0 saturated heterocycles. The number of aliphatic hydroxyl groups excluding tert-OH is 1. The topological polar surface area (TPSA) is 131 Å². The van der Waals surface area contributed by atoms with Gasteiger partial charge in [-0.15, -0.1) is 11.3 Å². The molecule has 9 nitrogen and oxygen atoms in total. The summed E-state index contributed by atoms with van der Waals surface area (Å²) in [7, 11) is 1.00. The van der Waals surface area contributed by atoms with Crippen molar-refractivity contribution in [1.82, 2.24) is 0 Å². The van der Waals surface area contributed by atoms with E-state index >= 15 is 0 Å². The average Bonchev–Trinajstić information content (AvgIpc) is 3.32. The van der Waals surface area contributed by atoms with E-state index in [1.807, 2.05) is 6.26 Å². The summed E-state index contributed by atoms with van der Waals surface area (Å²) in [6, 6.07) is 15.2. The molecule has 0 radical (unpaired) electrons. The molecular weight excluding hydrogens is 504 g/mol. The Labute approximate surface area is 217 Å². The van der Waals surface area contributed by atoms with Gasteiger partial charge in [0.2, 0.25) is 0 Å². The van der Waals surface area contributed by atoms with Gasteiger partial charge >= 0.3 is 11.9 Å². The molecular formula is C25H26N2O7S2. The van der Waals surface area contributed by atoms with Crippen LogP contribution in [0, 0.1) is 0 Å². The van der Waals surface area contributed by atoms with E-state index in [0.717, 1.165) is 24.6 Å². The molecule has 11 heteroatoms. The first-order valence-electron chi connectivity index (χ1n) is 10.6. The molecule has 3 aromatic rings. The summed E-state index contributed by atoms with van der Waals surface area (Å²) in [5.74, 6) is -1.82. The minimum atomic E-state index is -0.646. The fourth-order valence-electron chi connectivity index (χ4n) is 2.92. The second-order valence-corrected chi connectivity index (χ2v) is 8.49. The predicted molar refractivity (Wildman–Crippen MR) is 142 cm³/mol. The van der Waals surface area contributed by atoms with Gasteiger partial charge < -0.3 is 24.6 Å². The number of nitrogens with one attached hydrogen (secondary N) is 2. The van der Waals surface area contributed by atoms with E-state index in [4.69, 9.17) is 14.6 Å². The molecule has 0 fully saturated rings. The van der Waals surface area contributed by atoms with Crippen molar-refractivity contribution >= 4 is 58.1 Å². The normalized spacial score (nSPS) is 9.89. The van der Waals surface area contributed by atoms with Crippen molar-refractivity contribution in [3.8, 4) is 10.4 Å². The maximum atomic E-state index is 12.5. The van der Waals surface area contributed by atoms with Gasteiger partial charge in [-0.05, 0) is 36.8 Å². The maximum Gasteiger partial charge on any atom is 0.341 e. The Morgan fingerprint density at radius 1 is 1.03 bits per heavy atom. The van der Waals surface area contributed by atoms with Crippen molar-refractivity contribution in [1.29, 1.82) is 0 Å². The molecule has 2 aromatic carbocycles. The average molecular weight is 531 g/mol. The Kier molecular flexibility index (Phi) is 11.6. The van der Waals surface area contributed by atoms with E-state index in [1.54, 1.807) is 61.5 Å². The Morgan fingerprint density at radius 3 is 2.39 bits per heavy atom. The third-order valence-electron chi connectivity index (χ3n) is 4.46. The molecule has 0 atom stereocenters. The highest BCUT2D eigenvalue weighted by molar-refractivity contribution is 7.99. The molecule has 0 unspecified atom stereocenters. The van der Waals surface area contributed by atoms with Crippen LogP contribution in [-0.4, -0.2) is 55.8 Å². The number of aldehydes is 1. The number of carbonyl (C=O) groups excluding carboxylic acids is 4. The number of anilines is 2. The lowest BCUT2D eigenvalue weighted by molar-refractivity contribution is -0.119. The van der Waals surface area contributed by atoms with Gasteiger partial charge in [0.25, 0.3) is 5.91 Å². The van der Waals surface area contributed by atoms with Crippen LogP contribution in [0.5, 0.6) is 0 Å². The zero-order valence-electron chi connectivity index (χ0n) is 19.9. The highest BCUT2D eigenvalue weighted by Gasteiger charge is 2.20. The third kappa shape index (κ3) is 7.94. The Bertz CT molecular complexity index is 1190. The number of hydrogen-bond acceptors (Lipinski definition) is 10. The van der Waals surface area contributed by atoms with Crippen molar-refractivity contribution in [2.24, 2.45) is 0 Å². The maximum absolute atomic E-state index is 12.5. The molecule has 36 heavy (non-hydrogen) atoms. The summed E-state index contributed by atoms with van der Waals surface area (Å²) >= 11 is 2.56. The summed E-state index contributed by atoms with van der Waals surface area (Å²) in [6.45, 7) is 1.33. The largest absolute Gasteiger partial charge is 0.462 e. The Morgan fingerprint density at radius 2 is 1.75 bits per heavy atom. The fourth-order valence-corrected chi connectivity index (χ4v) is 4.35. The van der Waals surface area contributed by atoms with E-state index in [9.17, 15) is 19.2 Å². The van der Waals surface area contributed by atoms with E-state index < -0.39 is 24.5 Å². The van der Waals surface area contributed by atoms with Gasteiger partial charge in [-0.1, -0.05) is 42.3 Å². The molecule has 1 amide bonds. The zero-order chi connectivity index (χ0) is 26.5. The fraction of sp³-hybridized carbons (Fsp3) is 0.200. The van der Waals surface area contributed by atoms with Gasteiger partial charge in [0.1, 0.15) is 11.3 Å². The lowest BCUT2D eigenvalue weighted by atomic mass is 10.1. The molecule has 0 aliphatic heterocycles. The van der Waals surface area contributed by atoms with Gasteiger partial charge in [-0.3, -0.25) is 9.59 Å². The van der Waals surface area contributed by atoms with Crippen LogP contribution in [0.1, 0.15) is 38.0 Å². The number of hydrogen-bond donors (Lipinski definition) is 3. The van der Waals surface area contributed by atoms with Crippen molar-refractivity contribution in [3.63, 3.8) is 0 Å². The molecule has 1 aromatic heterocycles. The van der Waals surface area contributed by atoms with E-state index in [1.165, 1.54) is 23.3 Å². The predicted octanol–water partition coefficient (Wildman–Crippen LogP) is 4.50. The summed E-state index contributed by atoms with van der Waals surface area (Å²) in [4.78, 5) is 48.8. The minimum Gasteiger partial charge on any atom is -0.462 e. The molecule has 0 saturated carbocycles. The highest BCUT2D eigenvalue weighted by atomic mass is 32.2. The second-order valence-electron chi connectivity index (χ2n) is 6.83. The van der Waals surface area contributed by atoms with Gasteiger partial charge in [-0.2, -0.15) is 0 Å². The van der Waals surface area contributed by atoms with Crippen LogP contribution in [0.25, 0.3) is 10.4 Å². The molecule has 0 aliphatic carbocycles. The van der Waals surface area contributed by atoms with Crippen LogP contribution in [-0.2, 0) is 14.3 Å². The van der Waals surface area contributed by atoms with Crippen LogP contribution in [0.4, 0.5) is 10.7 Å². The first kappa shape index (κ1) is 28.6. The summed E-state index contributed by atoms with van der Waals surface area (Å²) in [5, 5.41) is 9.91. The number of amides is 1. The van der Waals surface area contributed by atoms with Crippen LogP contribution in [0.2, 0.25) is 0 Å². The highest BCUT2D eigenvalue weighted by Crippen LogP contribution is 2.36. The summed E-state index contributed by atoms with van der Waals surface area (Å²) in [5.41, 5.74) is 2.52. The summed E-state index contributed by atoms with van der Waals surface area (Å²) < 4.78 is 13.2. The van der Waals surface area contributed by atoms with Gasteiger partial charge in [0.15, 0.2) is 6.61 Å². The monoisotopic (exact) mass is 530 g/mol. The number of ether oxygens (including phenoxy) is 2. The zero-order valence-corrected chi connectivity index (χ0v) is 21.5. The molecule has 190 valence electrons. The number of carbonyl (C=O) groups is 4. The molecule has 0 spiro atoms. The van der Waals surface area contributed by atoms with Gasteiger partial charge in [0, 0.05) is 29.5 Å². The van der Waals surface area contributed by atoms with Crippen LogP contribution >= 0.6 is 23.3 Å². The lowest BCUT2D eigenvalue weighted by Gasteiger charge is -2.08. The number of esters is 2. The van der Waals surface area contributed by atoms with Crippen molar-refractivity contribution in [3.05, 3.63) is 71.3 Å². The Balaban J connectivity index is 0.00000222. The van der Waals surface area contributed by atoms with Crippen molar-refractivity contribution in [2.75, 3.05) is 36.6 Å². The standard InChI is InChI=1S/C24H22N2O6S2.CH4O/c1-3-31-24(30)19-12-20(16-9-7-15(13-27)8-10-16)34-22(19)25-21(28)14-32-23(29)17-5-4-6-18(11-17)26-33-2;1-2/h4-13,26H,3,14H2,1-2H3,(H,25,28);2H,1H3. The van der Waals surface area contributed by atoms with Crippen LogP contribution in [0.3, 0.4) is 0 Å². The lowest BCUT2D eigenvalue weighted by Crippen LogP contribution is -2.21. The number of aliphatic hydroxyl groups is 1. The smallest absolute Gasteiger partial charge is 0.341 e. The van der Waals surface area contributed by atoms with Crippen LogP contribution < -0.4 is 10.0 Å². The third-order valence-corrected chi connectivity index (χ3v) is 6.00. The second kappa shape index (κ2) is 14.7. The Hall–Kier alpha value is -3.67. The summed E-state index contributed by atoms with van der Waals surface area (Å²) in [6.07, 6.45) is 2.60. The number of thiophene rings is 1. The molecule has 3 rings (SSSR count). The van der Waals surface area contributed by atoms with Crippen LogP contribution in [0.15, 0.2) is 54.6 Å². The van der Waals surface area contributed by atoms with Crippen molar-refractivity contribution < 1.29 is 33.8 Å². The number of benzene rings is 2. The van der Waals surface area contributed by atoms with Gasteiger partial charge in [-0.25, -0.2) is 9.59 Å². The molecule has 3 N–H and O–H groups in total. The van der Waals surface area contributed by atoms with E-state index in [0.29, 0.717) is 16.0 Å². The number of rotatable bonds is 10. The first-order chi connectivity index (χ1) is 17.4. The van der Waals surface area contributed by atoms with Gasteiger partial charge in [0.05, 0.1) is 17.7 Å². The SMILES string of the molecule is CCOC(=O)c1cc(-c2ccc(C=O)cc2)sc1NC(=O)COC(=O)c1cccc(NSC)c1.CO. The quantitative estimate of drug-likeness (QED) is 0.197. The van der Waals surface area contributed by atoms with E-state index in [2.05, 4.69) is 10.0 Å². The molecule has 1 heterocycles. The molecule has 0 bridgehead atoms. The first-order valence-corrected chi connectivity index (χ1v) is 12.7. The minimum absolute atomic E-state index is 0.174. The van der Waals surface area contributed by atoms with Crippen molar-refractivity contribution in [2.45, 2.75) is 6.92 Å². The molecule has 0 aliphatic rings. The van der Waals surface area contributed by atoms with E-state index in [-0.39, 0.29) is 17.2 Å².